The van der Waals surface area contributed by atoms with Gasteiger partial charge in [0.15, 0.2) is 5.96 Å². The van der Waals surface area contributed by atoms with E-state index in [1.165, 1.54) is 0 Å². The number of likely N-dealkylation sites (tertiary alicyclic amines) is 1. The summed E-state index contributed by atoms with van der Waals surface area (Å²) >= 11 is 0. The number of likely N-dealkylation sites (N-methyl/N-ethyl adjacent to an activating group) is 1. The van der Waals surface area contributed by atoms with Crippen molar-refractivity contribution < 1.29 is 4.42 Å². The van der Waals surface area contributed by atoms with Crippen LogP contribution >= 0.6 is 0 Å². The zero-order valence-corrected chi connectivity index (χ0v) is 17.6. The molecular formula is C21H34N6O. The van der Waals surface area contributed by atoms with Crippen molar-refractivity contribution in [1.82, 2.24) is 24.7 Å². The largest absolute Gasteiger partial charge is 0.468 e. The number of imidazole rings is 1. The molecule has 2 aromatic heterocycles. The molecule has 7 heteroatoms. The van der Waals surface area contributed by atoms with Crippen molar-refractivity contribution in [3.05, 3.63) is 42.9 Å². The molecule has 1 aliphatic heterocycles. The van der Waals surface area contributed by atoms with Gasteiger partial charge in [0.25, 0.3) is 0 Å². The van der Waals surface area contributed by atoms with Crippen molar-refractivity contribution in [1.29, 1.82) is 0 Å². The Morgan fingerprint density at radius 2 is 2.25 bits per heavy atom. The third-order valence-corrected chi connectivity index (χ3v) is 5.92. The molecule has 0 spiro atoms. The number of furan rings is 1. The number of piperidine rings is 1. The number of aromatic nitrogens is 2. The SMILES string of the molecule is CCN(CC)C(CNC(=NC)N1CCC(C)C(n2ccnc2)C1)c1ccco1. The van der Waals surface area contributed by atoms with Gasteiger partial charge >= 0.3 is 0 Å². The average Bonchev–Trinajstić information content (AvgIpc) is 3.43. The van der Waals surface area contributed by atoms with Gasteiger partial charge in [-0.2, -0.15) is 0 Å². The highest BCUT2D eigenvalue weighted by atomic mass is 16.3. The summed E-state index contributed by atoms with van der Waals surface area (Å²) < 4.78 is 7.95. The van der Waals surface area contributed by atoms with E-state index in [0.29, 0.717) is 12.0 Å². The molecule has 1 saturated heterocycles. The smallest absolute Gasteiger partial charge is 0.193 e. The van der Waals surface area contributed by atoms with E-state index in [2.05, 4.69) is 62.7 Å². The van der Waals surface area contributed by atoms with Gasteiger partial charge in [0.1, 0.15) is 5.76 Å². The van der Waals surface area contributed by atoms with Crippen LogP contribution in [0.1, 0.15) is 45.0 Å². The van der Waals surface area contributed by atoms with Gasteiger partial charge in [0.2, 0.25) is 0 Å². The number of aliphatic imine (C=N–C) groups is 1. The maximum Gasteiger partial charge on any atom is 0.193 e. The van der Waals surface area contributed by atoms with E-state index in [4.69, 9.17) is 4.42 Å². The van der Waals surface area contributed by atoms with E-state index in [-0.39, 0.29) is 6.04 Å². The molecule has 3 atom stereocenters. The summed E-state index contributed by atoms with van der Waals surface area (Å²) in [5, 5.41) is 3.61. The number of nitrogens with one attached hydrogen (secondary N) is 1. The van der Waals surface area contributed by atoms with Gasteiger partial charge in [-0.15, -0.1) is 0 Å². The van der Waals surface area contributed by atoms with E-state index < -0.39 is 0 Å². The van der Waals surface area contributed by atoms with Crippen LogP contribution in [0.3, 0.4) is 0 Å². The molecular weight excluding hydrogens is 352 g/mol. The molecule has 0 aromatic carbocycles. The van der Waals surface area contributed by atoms with Gasteiger partial charge in [0.05, 0.1) is 24.7 Å². The van der Waals surface area contributed by atoms with Gasteiger partial charge in [0, 0.05) is 39.1 Å². The van der Waals surface area contributed by atoms with Gasteiger partial charge in [-0.1, -0.05) is 20.8 Å². The van der Waals surface area contributed by atoms with Crippen LogP contribution in [0.4, 0.5) is 0 Å². The molecule has 7 nitrogen and oxygen atoms in total. The molecule has 0 bridgehead atoms. The second-order valence-electron chi connectivity index (χ2n) is 7.47. The van der Waals surface area contributed by atoms with Gasteiger partial charge in [-0.3, -0.25) is 9.89 Å². The second kappa shape index (κ2) is 9.78. The Kier molecular flexibility index (Phi) is 7.14. The molecule has 154 valence electrons. The van der Waals surface area contributed by atoms with Crippen molar-refractivity contribution in [2.24, 2.45) is 10.9 Å². The number of hydrogen-bond donors (Lipinski definition) is 1. The third kappa shape index (κ3) is 4.58. The first kappa shape index (κ1) is 20.5. The average molecular weight is 387 g/mol. The Balaban J connectivity index is 1.67. The lowest BCUT2D eigenvalue weighted by atomic mass is 9.93. The maximum atomic E-state index is 5.73. The van der Waals surface area contributed by atoms with Gasteiger partial charge in [-0.25, -0.2) is 4.98 Å². The highest BCUT2D eigenvalue weighted by Gasteiger charge is 2.29. The molecule has 1 aliphatic rings. The summed E-state index contributed by atoms with van der Waals surface area (Å²) in [4.78, 5) is 13.6. The molecule has 3 heterocycles. The summed E-state index contributed by atoms with van der Waals surface area (Å²) in [5.74, 6) is 2.58. The van der Waals surface area contributed by atoms with Crippen molar-refractivity contribution in [3.8, 4) is 0 Å². The summed E-state index contributed by atoms with van der Waals surface area (Å²) in [6.07, 6.45) is 8.74. The Labute approximate surface area is 168 Å². The van der Waals surface area contributed by atoms with Crippen LogP contribution < -0.4 is 5.32 Å². The Bertz CT molecular complexity index is 707. The van der Waals surface area contributed by atoms with Crippen LogP contribution in [0.25, 0.3) is 0 Å². The standard InChI is InChI=1S/C21H34N6O/c1-5-25(6-2)18(20-8-7-13-28-20)14-24-21(22-4)26-11-9-17(3)19(15-26)27-12-10-23-16-27/h7-8,10,12-13,16-19H,5-6,9,11,14-15H2,1-4H3,(H,22,24). The van der Waals surface area contributed by atoms with Crippen LogP contribution in [0, 0.1) is 5.92 Å². The quantitative estimate of drug-likeness (QED) is 0.585. The summed E-state index contributed by atoms with van der Waals surface area (Å²) in [7, 11) is 1.87. The minimum Gasteiger partial charge on any atom is -0.468 e. The number of rotatable bonds is 7. The van der Waals surface area contributed by atoms with Crippen LogP contribution in [-0.2, 0) is 0 Å². The van der Waals surface area contributed by atoms with Crippen LogP contribution in [0.2, 0.25) is 0 Å². The molecule has 0 amide bonds. The van der Waals surface area contributed by atoms with Gasteiger partial charge < -0.3 is 19.2 Å². The van der Waals surface area contributed by atoms with E-state index >= 15 is 0 Å². The molecule has 3 unspecified atom stereocenters. The Morgan fingerprint density at radius 3 is 2.86 bits per heavy atom. The maximum absolute atomic E-state index is 5.73. The molecule has 0 saturated carbocycles. The predicted molar refractivity (Wildman–Crippen MR) is 112 cm³/mol. The number of nitrogens with zero attached hydrogens (tertiary/aromatic N) is 5. The fraction of sp³-hybridized carbons (Fsp3) is 0.619. The van der Waals surface area contributed by atoms with Crippen molar-refractivity contribution in [2.45, 2.75) is 39.3 Å². The summed E-state index contributed by atoms with van der Waals surface area (Å²) in [6.45, 7) is 11.4. The second-order valence-corrected chi connectivity index (χ2v) is 7.47. The van der Waals surface area contributed by atoms with Crippen LogP contribution in [0.5, 0.6) is 0 Å². The van der Waals surface area contributed by atoms with Crippen LogP contribution in [-0.4, -0.2) is 65.1 Å². The lowest BCUT2D eigenvalue weighted by molar-refractivity contribution is 0.178. The first-order valence-corrected chi connectivity index (χ1v) is 10.4. The monoisotopic (exact) mass is 386 g/mol. The lowest BCUT2D eigenvalue weighted by Gasteiger charge is -2.39. The molecule has 2 aromatic rings. The van der Waals surface area contributed by atoms with Crippen molar-refractivity contribution in [3.63, 3.8) is 0 Å². The van der Waals surface area contributed by atoms with Crippen molar-refractivity contribution >= 4 is 5.96 Å². The third-order valence-electron chi connectivity index (χ3n) is 5.92. The molecule has 3 rings (SSSR count). The highest BCUT2D eigenvalue weighted by Crippen LogP contribution is 2.27. The fourth-order valence-corrected chi connectivity index (χ4v) is 4.17. The van der Waals surface area contributed by atoms with E-state index in [0.717, 1.165) is 50.9 Å². The first-order chi connectivity index (χ1) is 13.7. The number of guanidine groups is 1. The van der Waals surface area contributed by atoms with Crippen molar-refractivity contribution in [2.75, 3.05) is 39.8 Å². The van der Waals surface area contributed by atoms with E-state index in [9.17, 15) is 0 Å². The Hall–Kier alpha value is -2.28. The van der Waals surface area contributed by atoms with E-state index in [1.807, 2.05) is 25.6 Å². The lowest BCUT2D eigenvalue weighted by Crippen LogP contribution is -2.50. The zero-order chi connectivity index (χ0) is 19.9. The fourth-order valence-electron chi connectivity index (χ4n) is 4.17. The molecule has 1 fully saturated rings. The topological polar surface area (TPSA) is 61.8 Å². The highest BCUT2D eigenvalue weighted by molar-refractivity contribution is 5.80. The Morgan fingerprint density at radius 1 is 1.43 bits per heavy atom. The summed E-state index contributed by atoms with van der Waals surface area (Å²) in [6, 6.07) is 4.63. The normalized spacial score (nSPS) is 21.9. The van der Waals surface area contributed by atoms with Gasteiger partial charge in [-0.05, 0) is 37.6 Å². The minimum atomic E-state index is 0.190. The number of hydrogen-bond acceptors (Lipinski definition) is 4. The molecule has 28 heavy (non-hydrogen) atoms. The van der Waals surface area contributed by atoms with Crippen LogP contribution in [0.15, 0.2) is 46.5 Å². The zero-order valence-electron chi connectivity index (χ0n) is 17.6. The van der Waals surface area contributed by atoms with E-state index in [1.54, 1.807) is 6.26 Å². The predicted octanol–water partition coefficient (Wildman–Crippen LogP) is 3.02. The summed E-state index contributed by atoms with van der Waals surface area (Å²) in [5.41, 5.74) is 0. The molecule has 0 aliphatic carbocycles. The molecule has 0 radical (unpaired) electrons. The first-order valence-electron chi connectivity index (χ1n) is 10.4. The molecule has 1 N–H and O–H groups in total. The minimum absolute atomic E-state index is 0.190.